The van der Waals surface area contributed by atoms with Crippen LogP contribution in [0.5, 0.6) is 0 Å². The van der Waals surface area contributed by atoms with Crippen LogP contribution in [0.1, 0.15) is 11.1 Å². The number of hydrogen-bond donors (Lipinski definition) is 0. The molecule has 23 heavy (non-hydrogen) atoms. The number of benzene rings is 3. The Bertz CT molecular complexity index is 998. The Labute approximate surface area is 135 Å². The SMILES string of the molecule is Cc1cccc(-c2c(C)cccc2-c2ccc3ncoc3c2)c1. The van der Waals surface area contributed by atoms with Gasteiger partial charge in [0, 0.05) is 0 Å². The number of hydrogen-bond acceptors (Lipinski definition) is 2. The van der Waals surface area contributed by atoms with Crippen molar-refractivity contribution in [3.63, 3.8) is 0 Å². The Hall–Kier alpha value is -2.87. The lowest BCUT2D eigenvalue weighted by Crippen LogP contribution is -1.89. The number of fused-ring (bicyclic) bond motifs is 1. The molecule has 2 nitrogen and oxygen atoms in total. The third-order valence-corrected chi connectivity index (χ3v) is 4.22. The van der Waals surface area contributed by atoms with Crippen LogP contribution in [0, 0.1) is 13.8 Å². The quantitative estimate of drug-likeness (QED) is 0.469. The van der Waals surface area contributed by atoms with Crippen LogP contribution in [-0.2, 0) is 0 Å². The minimum Gasteiger partial charge on any atom is -0.443 e. The molecule has 0 bridgehead atoms. The first-order valence-corrected chi connectivity index (χ1v) is 7.73. The maximum Gasteiger partial charge on any atom is 0.181 e. The Morgan fingerprint density at radius 2 is 1.70 bits per heavy atom. The molecule has 0 N–H and O–H groups in total. The molecule has 0 amide bonds. The first-order chi connectivity index (χ1) is 11.2. The lowest BCUT2D eigenvalue weighted by Gasteiger charge is -2.14. The second-order valence-electron chi connectivity index (χ2n) is 5.90. The van der Waals surface area contributed by atoms with Gasteiger partial charge in [0.05, 0.1) is 0 Å². The van der Waals surface area contributed by atoms with Gasteiger partial charge < -0.3 is 4.42 Å². The highest BCUT2D eigenvalue weighted by atomic mass is 16.3. The van der Waals surface area contributed by atoms with Crippen molar-refractivity contribution in [2.45, 2.75) is 13.8 Å². The summed E-state index contributed by atoms with van der Waals surface area (Å²) in [5.74, 6) is 0. The molecule has 112 valence electrons. The summed E-state index contributed by atoms with van der Waals surface area (Å²) >= 11 is 0. The maximum absolute atomic E-state index is 5.46. The van der Waals surface area contributed by atoms with Crippen molar-refractivity contribution >= 4 is 11.1 Å². The van der Waals surface area contributed by atoms with Gasteiger partial charge in [-0.2, -0.15) is 0 Å². The van der Waals surface area contributed by atoms with Crippen LogP contribution in [0.4, 0.5) is 0 Å². The van der Waals surface area contributed by atoms with Crippen molar-refractivity contribution in [3.8, 4) is 22.3 Å². The lowest BCUT2D eigenvalue weighted by atomic mass is 9.90. The molecule has 0 fully saturated rings. The fourth-order valence-electron chi connectivity index (χ4n) is 3.11. The molecule has 0 atom stereocenters. The zero-order chi connectivity index (χ0) is 15.8. The molecule has 0 aliphatic heterocycles. The molecule has 0 saturated heterocycles. The highest BCUT2D eigenvalue weighted by Crippen LogP contribution is 2.36. The topological polar surface area (TPSA) is 26.0 Å². The highest BCUT2D eigenvalue weighted by molar-refractivity contribution is 5.89. The van der Waals surface area contributed by atoms with E-state index in [1.54, 1.807) is 0 Å². The normalized spacial score (nSPS) is 11.0. The fraction of sp³-hybridized carbons (Fsp3) is 0.0952. The second-order valence-corrected chi connectivity index (χ2v) is 5.90. The van der Waals surface area contributed by atoms with Crippen molar-refractivity contribution in [3.05, 3.63) is 78.2 Å². The molecular formula is C21H17NO. The summed E-state index contributed by atoms with van der Waals surface area (Å²) in [6, 6.07) is 21.3. The molecule has 1 heterocycles. The average molecular weight is 299 g/mol. The first-order valence-electron chi connectivity index (χ1n) is 7.73. The lowest BCUT2D eigenvalue weighted by molar-refractivity contribution is 0.602. The van der Waals surface area contributed by atoms with E-state index in [1.807, 2.05) is 6.07 Å². The zero-order valence-corrected chi connectivity index (χ0v) is 13.2. The van der Waals surface area contributed by atoms with Gasteiger partial charge in [-0.25, -0.2) is 4.98 Å². The Kier molecular flexibility index (Phi) is 3.23. The first kappa shape index (κ1) is 13.8. The van der Waals surface area contributed by atoms with E-state index in [1.165, 1.54) is 34.2 Å². The Morgan fingerprint density at radius 3 is 2.57 bits per heavy atom. The van der Waals surface area contributed by atoms with Crippen LogP contribution in [0.2, 0.25) is 0 Å². The van der Waals surface area contributed by atoms with Gasteiger partial charge in [0.25, 0.3) is 0 Å². The van der Waals surface area contributed by atoms with E-state index >= 15 is 0 Å². The van der Waals surface area contributed by atoms with Gasteiger partial charge in [0.1, 0.15) is 5.52 Å². The number of aromatic nitrogens is 1. The van der Waals surface area contributed by atoms with E-state index in [9.17, 15) is 0 Å². The van der Waals surface area contributed by atoms with Crippen LogP contribution >= 0.6 is 0 Å². The van der Waals surface area contributed by atoms with E-state index in [-0.39, 0.29) is 0 Å². The smallest absolute Gasteiger partial charge is 0.181 e. The molecule has 1 aromatic heterocycles. The predicted octanol–water partition coefficient (Wildman–Crippen LogP) is 5.78. The van der Waals surface area contributed by atoms with Gasteiger partial charge in [0.15, 0.2) is 12.0 Å². The van der Waals surface area contributed by atoms with Crippen molar-refractivity contribution in [1.29, 1.82) is 0 Å². The second kappa shape index (κ2) is 5.40. The van der Waals surface area contributed by atoms with E-state index in [0.29, 0.717) is 0 Å². The summed E-state index contributed by atoms with van der Waals surface area (Å²) in [5.41, 5.74) is 9.13. The third kappa shape index (κ3) is 2.42. The van der Waals surface area contributed by atoms with Crippen molar-refractivity contribution in [1.82, 2.24) is 4.98 Å². The molecule has 0 spiro atoms. The largest absolute Gasteiger partial charge is 0.443 e. The minimum atomic E-state index is 0.819. The molecule has 0 aliphatic rings. The van der Waals surface area contributed by atoms with E-state index in [4.69, 9.17) is 4.42 Å². The van der Waals surface area contributed by atoms with E-state index in [0.717, 1.165) is 16.7 Å². The van der Waals surface area contributed by atoms with Gasteiger partial charge in [-0.3, -0.25) is 0 Å². The predicted molar refractivity (Wildman–Crippen MR) is 94.4 cm³/mol. The van der Waals surface area contributed by atoms with E-state index in [2.05, 4.69) is 73.4 Å². The summed E-state index contributed by atoms with van der Waals surface area (Å²) in [7, 11) is 0. The molecule has 0 radical (unpaired) electrons. The average Bonchev–Trinajstić information content (AvgIpc) is 3.02. The molecule has 4 aromatic rings. The maximum atomic E-state index is 5.46. The van der Waals surface area contributed by atoms with Crippen molar-refractivity contribution in [2.24, 2.45) is 0 Å². The minimum absolute atomic E-state index is 0.819. The molecule has 0 unspecified atom stereocenters. The van der Waals surface area contributed by atoms with Crippen LogP contribution in [0.15, 0.2) is 71.5 Å². The number of oxazole rings is 1. The van der Waals surface area contributed by atoms with Gasteiger partial charge in [-0.15, -0.1) is 0 Å². The molecular weight excluding hydrogens is 282 g/mol. The Balaban J connectivity index is 1.97. The summed E-state index contributed by atoms with van der Waals surface area (Å²) in [6.45, 7) is 4.29. The Morgan fingerprint density at radius 1 is 0.826 bits per heavy atom. The van der Waals surface area contributed by atoms with Gasteiger partial charge in [0.2, 0.25) is 0 Å². The van der Waals surface area contributed by atoms with Crippen molar-refractivity contribution in [2.75, 3.05) is 0 Å². The zero-order valence-electron chi connectivity index (χ0n) is 13.2. The van der Waals surface area contributed by atoms with Gasteiger partial charge >= 0.3 is 0 Å². The number of aryl methyl sites for hydroxylation is 2. The standard InChI is InChI=1S/C21H17NO/c1-14-5-3-7-17(11-14)21-15(2)6-4-8-18(21)16-9-10-19-20(12-16)23-13-22-19/h3-13H,1-2H3. The van der Waals surface area contributed by atoms with Crippen LogP contribution in [0.3, 0.4) is 0 Å². The number of rotatable bonds is 2. The fourth-order valence-corrected chi connectivity index (χ4v) is 3.11. The third-order valence-electron chi connectivity index (χ3n) is 4.22. The molecule has 0 aliphatic carbocycles. The van der Waals surface area contributed by atoms with Crippen LogP contribution in [-0.4, -0.2) is 4.98 Å². The molecule has 0 saturated carbocycles. The number of nitrogens with zero attached hydrogens (tertiary/aromatic N) is 1. The van der Waals surface area contributed by atoms with Crippen molar-refractivity contribution < 1.29 is 4.42 Å². The molecule has 4 rings (SSSR count). The highest BCUT2D eigenvalue weighted by Gasteiger charge is 2.11. The van der Waals surface area contributed by atoms with Crippen LogP contribution < -0.4 is 0 Å². The van der Waals surface area contributed by atoms with Gasteiger partial charge in [-0.1, -0.05) is 54.1 Å². The summed E-state index contributed by atoms with van der Waals surface area (Å²) < 4.78 is 5.46. The summed E-state index contributed by atoms with van der Waals surface area (Å²) in [6.07, 6.45) is 1.49. The van der Waals surface area contributed by atoms with Crippen LogP contribution in [0.25, 0.3) is 33.4 Å². The van der Waals surface area contributed by atoms with Gasteiger partial charge in [-0.05, 0) is 53.8 Å². The van der Waals surface area contributed by atoms with E-state index < -0.39 is 0 Å². The summed E-state index contributed by atoms with van der Waals surface area (Å²) in [5, 5.41) is 0. The molecule has 3 aromatic carbocycles. The monoisotopic (exact) mass is 299 g/mol. The summed E-state index contributed by atoms with van der Waals surface area (Å²) in [4.78, 5) is 4.20. The molecule has 2 heteroatoms.